The van der Waals surface area contributed by atoms with E-state index in [2.05, 4.69) is 0 Å². The second-order valence-corrected chi connectivity index (χ2v) is 3.53. The van der Waals surface area contributed by atoms with Gasteiger partial charge in [0.15, 0.2) is 0 Å². The molecule has 0 aliphatic carbocycles. The molecule has 0 fully saturated rings. The zero-order chi connectivity index (χ0) is 11.3. The van der Waals surface area contributed by atoms with Crippen molar-refractivity contribution in [3.63, 3.8) is 0 Å². The van der Waals surface area contributed by atoms with Gasteiger partial charge in [-0.2, -0.15) is 0 Å². The third-order valence-electron chi connectivity index (χ3n) is 2.04. The molecule has 2 N–H and O–H groups in total. The molecule has 0 unspecified atom stereocenters. The molecule has 0 saturated carbocycles. The molecule has 0 radical (unpaired) electrons. The third-order valence-corrected chi connectivity index (χ3v) is 2.04. The van der Waals surface area contributed by atoms with Gasteiger partial charge in [0.25, 0.3) is 0 Å². The normalized spacial score (nSPS) is 10.5. The molecule has 15 heavy (non-hydrogen) atoms. The largest absolute Gasteiger partial charge is 0.377 e. The van der Waals surface area contributed by atoms with Crippen molar-refractivity contribution in [3.8, 4) is 0 Å². The Labute approximate surface area is 90.2 Å². The first-order valence-electron chi connectivity index (χ1n) is 4.82. The number of hydrogen-bond acceptors (Lipinski definition) is 2. The third kappa shape index (κ3) is 3.46. The molecule has 1 aromatic carbocycles. The molecule has 1 amide bonds. The fourth-order valence-electron chi connectivity index (χ4n) is 1.34. The number of amides is 1. The van der Waals surface area contributed by atoms with Gasteiger partial charge in [-0.3, -0.25) is 4.79 Å². The zero-order valence-electron chi connectivity index (χ0n) is 9.10. The van der Waals surface area contributed by atoms with Crippen molar-refractivity contribution in [1.29, 1.82) is 0 Å². The Morgan fingerprint density at radius 2 is 2.07 bits per heavy atom. The van der Waals surface area contributed by atoms with Crippen LogP contribution in [0.1, 0.15) is 12.0 Å². The Morgan fingerprint density at radius 3 is 2.67 bits per heavy atom. The first-order valence-corrected chi connectivity index (χ1v) is 4.82. The molecule has 3 heteroatoms. The molecule has 0 atom stereocenters. The quantitative estimate of drug-likeness (QED) is 0.810. The molecule has 0 bridgehead atoms. The molecule has 0 saturated heterocycles. The fourth-order valence-corrected chi connectivity index (χ4v) is 1.34. The smallest absolute Gasteiger partial charge is 0.221 e. The number of hydrogen-bond donors (Lipinski definition) is 1. The Morgan fingerprint density at radius 1 is 1.40 bits per heavy atom. The number of nitrogens with two attached hydrogens (primary N) is 1. The topological polar surface area (TPSA) is 46.3 Å². The SMILES string of the molecule is CN(C)c1ccccc1C=CCC(N)=O. The van der Waals surface area contributed by atoms with Gasteiger partial charge in [-0.05, 0) is 11.6 Å². The predicted molar refractivity (Wildman–Crippen MR) is 63.6 cm³/mol. The summed E-state index contributed by atoms with van der Waals surface area (Å²) in [6.07, 6.45) is 3.98. The minimum atomic E-state index is -0.311. The van der Waals surface area contributed by atoms with Crippen molar-refractivity contribution < 1.29 is 4.79 Å². The average molecular weight is 204 g/mol. The van der Waals surface area contributed by atoms with Gasteiger partial charge < -0.3 is 10.6 Å². The maximum absolute atomic E-state index is 10.6. The van der Waals surface area contributed by atoms with E-state index in [-0.39, 0.29) is 12.3 Å². The van der Waals surface area contributed by atoms with Crippen LogP contribution in [0.5, 0.6) is 0 Å². The van der Waals surface area contributed by atoms with E-state index in [0.29, 0.717) is 0 Å². The van der Waals surface area contributed by atoms with Crippen molar-refractivity contribution in [2.24, 2.45) is 5.73 Å². The molecule has 0 aliphatic rings. The maximum Gasteiger partial charge on any atom is 0.221 e. The van der Waals surface area contributed by atoms with E-state index in [1.807, 2.05) is 49.3 Å². The lowest BCUT2D eigenvalue weighted by Crippen LogP contribution is -2.10. The predicted octanol–water partition coefficient (Wildman–Crippen LogP) is 1.64. The summed E-state index contributed by atoms with van der Waals surface area (Å²) in [6, 6.07) is 7.99. The summed E-state index contributed by atoms with van der Waals surface area (Å²) in [5, 5.41) is 0. The first-order chi connectivity index (χ1) is 7.11. The minimum absolute atomic E-state index is 0.280. The number of carbonyl (C=O) groups excluding carboxylic acids is 1. The van der Waals surface area contributed by atoms with Gasteiger partial charge in [-0.1, -0.05) is 30.4 Å². The summed E-state index contributed by atoms with van der Waals surface area (Å²) >= 11 is 0. The summed E-state index contributed by atoms with van der Waals surface area (Å²) in [7, 11) is 3.97. The van der Waals surface area contributed by atoms with Crippen LogP contribution in [-0.2, 0) is 4.79 Å². The van der Waals surface area contributed by atoms with E-state index >= 15 is 0 Å². The van der Waals surface area contributed by atoms with Crippen LogP contribution < -0.4 is 10.6 Å². The van der Waals surface area contributed by atoms with Crippen molar-refractivity contribution in [2.75, 3.05) is 19.0 Å². The fraction of sp³-hybridized carbons (Fsp3) is 0.250. The molecule has 0 aliphatic heterocycles. The number of rotatable bonds is 4. The second kappa shape index (κ2) is 5.20. The van der Waals surface area contributed by atoms with E-state index < -0.39 is 0 Å². The van der Waals surface area contributed by atoms with Gasteiger partial charge in [0.2, 0.25) is 5.91 Å². The molecule has 0 spiro atoms. The summed E-state index contributed by atoms with van der Waals surface area (Å²) in [5.74, 6) is -0.311. The molecular weight excluding hydrogens is 188 g/mol. The molecule has 1 aromatic rings. The number of para-hydroxylation sites is 1. The Hall–Kier alpha value is -1.77. The van der Waals surface area contributed by atoms with Crippen LogP contribution in [0.4, 0.5) is 5.69 Å². The van der Waals surface area contributed by atoms with Gasteiger partial charge >= 0.3 is 0 Å². The van der Waals surface area contributed by atoms with Crippen molar-refractivity contribution in [2.45, 2.75) is 6.42 Å². The number of anilines is 1. The van der Waals surface area contributed by atoms with Crippen molar-refractivity contribution in [1.82, 2.24) is 0 Å². The van der Waals surface area contributed by atoms with Crippen LogP contribution in [-0.4, -0.2) is 20.0 Å². The molecular formula is C12H16N2O. The Kier molecular flexibility index (Phi) is 3.92. The molecule has 0 heterocycles. The minimum Gasteiger partial charge on any atom is -0.377 e. The van der Waals surface area contributed by atoms with Crippen molar-refractivity contribution >= 4 is 17.7 Å². The standard InChI is InChI=1S/C12H16N2O/c1-14(2)11-8-4-3-6-10(11)7-5-9-12(13)15/h3-8H,9H2,1-2H3,(H2,13,15). The zero-order valence-corrected chi connectivity index (χ0v) is 9.10. The Balaban J connectivity index is 2.84. The van der Waals surface area contributed by atoms with E-state index in [1.165, 1.54) is 0 Å². The molecule has 0 aromatic heterocycles. The van der Waals surface area contributed by atoms with E-state index in [1.54, 1.807) is 6.08 Å². The van der Waals surface area contributed by atoms with Gasteiger partial charge in [-0.15, -0.1) is 0 Å². The highest BCUT2D eigenvalue weighted by Crippen LogP contribution is 2.19. The van der Waals surface area contributed by atoms with Crippen molar-refractivity contribution in [3.05, 3.63) is 35.9 Å². The lowest BCUT2D eigenvalue weighted by Gasteiger charge is -2.15. The summed E-state index contributed by atoms with van der Waals surface area (Å²) in [5.41, 5.74) is 7.26. The second-order valence-electron chi connectivity index (χ2n) is 3.53. The van der Waals surface area contributed by atoms with Crippen LogP contribution in [0.25, 0.3) is 6.08 Å². The van der Waals surface area contributed by atoms with Crippen LogP contribution in [0.2, 0.25) is 0 Å². The maximum atomic E-state index is 10.6. The highest BCUT2D eigenvalue weighted by Gasteiger charge is 1.99. The number of nitrogens with zero attached hydrogens (tertiary/aromatic N) is 1. The summed E-state index contributed by atoms with van der Waals surface area (Å²) < 4.78 is 0. The monoisotopic (exact) mass is 204 g/mol. The highest BCUT2D eigenvalue weighted by molar-refractivity contribution is 5.77. The van der Waals surface area contributed by atoms with Crippen LogP contribution in [0.3, 0.4) is 0 Å². The van der Waals surface area contributed by atoms with Crippen LogP contribution in [0.15, 0.2) is 30.3 Å². The van der Waals surface area contributed by atoms with Gasteiger partial charge in [0, 0.05) is 26.2 Å². The number of benzene rings is 1. The molecule has 1 rings (SSSR count). The lowest BCUT2D eigenvalue weighted by atomic mass is 10.1. The van der Waals surface area contributed by atoms with Gasteiger partial charge in [0.05, 0.1) is 0 Å². The lowest BCUT2D eigenvalue weighted by molar-refractivity contribution is -0.117. The van der Waals surface area contributed by atoms with E-state index in [4.69, 9.17) is 5.73 Å². The Bertz CT molecular complexity index is 370. The van der Waals surface area contributed by atoms with E-state index in [9.17, 15) is 4.79 Å². The first kappa shape index (κ1) is 11.3. The molecule has 80 valence electrons. The highest BCUT2D eigenvalue weighted by atomic mass is 16.1. The van der Waals surface area contributed by atoms with Crippen LogP contribution in [0, 0.1) is 0 Å². The van der Waals surface area contributed by atoms with E-state index in [0.717, 1.165) is 11.3 Å². The number of primary amides is 1. The molecule has 3 nitrogen and oxygen atoms in total. The average Bonchev–Trinajstić information content (AvgIpc) is 2.17. The summed E-state index contributed by atoms with van der Waals surface area (Å²) in [6.45, 7) is 0. The number of carbonyl (C=O) groups is 1. The van der Waals surface area contributed by atoms with Gasteiger partial charge in [0.1, 0.15) is 0 Å². The summed E-state index contributed by atoms with van der Waals surface area (Å²) in [4.78, 5) is 12.6. The van der Waals surface area contributed by atoms with Gasteiger partial charge in [-0.25, -0.2) is 0 Å². The van der Waals surface area contributed by atoms with Crippen LogP contribution >= 0.6 is 0 Å².